The second-order valence-corrected chi connectivity index (χ2v) is 6.81. The normalized spacial score (nSPS) is 10.7. The molecule has 2 aromatic carbocycles. The van der Waals surface area contributed by atoms with E-state index in [4.69, 9.17) is 26.8 Å². The van der Waals surface area contributed by atoms with E-state index in [0.717, 1.165) is 5.56 Å². The molecule has 0 aliphatic heterocycles. The number of anilines is 1. The van der Waals surface area contributed by atoms with Crippen LogP contribution in [0, 0.1) is 6.92 Å². The average Bonchev–Trinajstić information content (AvgIpc) is 3.05. The topological polar surface area (TPSA) is 91.4 Å². The van der Waals surface area contributed by atoms with Gasteiger partial charge in [0.25, 0.3) is 5.91 Å². The fourth-order valence-corrected chi connectivity index (χ4v) is 3.35. The van der Waals surface area contributed by atoms with Gasteiger partial charge in [0.2, 0.25) is 0 Å². The van der Waals surface area contributed by atoms with E-state index in [0.29, 0.717) is 52.2 Å². The fraction of sp³-hybridized carbons (Fsp3) is 0.238. The molecule has 152 valence electrons. The van der Waals surface area contributed by atoms with E-state index in [-0.39, 0.29) is 5.91 Å². The quantitative estimate of drug-likeness (QED) is 0.615. The lowest BCUT2D eigenvalue weighted by Gasteiger charge is -2.15. The predicted molar refractivity (Wildman–Crippen MR) is 114 cm³/mol. The van der Waals surface area contributed by atoms with Gasteiger partial charge in [0, 0.05) is 36.0 Å². The number of carbonyl (C=O) groups excluding carboxylic acids is 1. The Kier molecular flexibility index (Phi) is 6.41. The van der Waals surface area contributed by atoms with E-state index in [1.165, 1.54) is 0 Å². The number of amides is 1. The number of benzene rings is 2. The number of halogens is 1. The summed E-state index contributed by atoms with van der Waals surface area (Å²) in [5.74, 6) is 1.03. The monoisotopic (exact) mass is 414 g/mol. The zero-order valence-electron chi connectivity index (χ0n) is 16.5. The van der Waals surface area contributed by atoms with Crippen molar-refractivity contribution in [2.45, 2.75) is 6.92 Å². The number of rotatable bonds is 7. The molecule has 1 heterocycles. The van der Waals surface area contributed by atoms with Gasteiger partial charge in [-0.2, -0.15) is 5.10 Å². The zero-order valence-corrected chi connectivity index (χ0v) is 17.3. The summed E-state index contributed by atoms with van der Waals surface area (Å²) < 4.78 is 12.7. The van der Waals surface area contributed by atoms with Crippen molar-refractivity contribution in [1.82, 2.24) is 9.78 Å². The molecule has 0 radical (unpaired) electrons. The lowest BCUT2D eigenvalue weighted by Crippen LogP contribution is -2.14. The number of methoxy groups -OCH3 is 1. The first-order valence-corrected chi connectivity index (χ1v) is 9.43. The van der Waals surface area contributed by atoms with Gasteiger partial charge in [-0.05, 0) is 37.3 Å². The number of nitrogens with two attached hydrogens (primary N) is 1. The third-order valence-corrected chi connectivity index (χ3v) is 4.79. The Balaban J connectivity index is 1.97. The first-order chi connectivity index (χ1) is 14.0. The summed E-state index contributed by atoms with van der Waals surface area (Å²) in [5.41, 5.74) is 8.87. The number of ether oxygens (including phenoxy) is 2. The van der Waals surface area contributed by atoms with Crippen LogP contribution >= 0.6 is 11.6 Å². The van der Waals surface area contributed by atoms with E-state index in [9.17, 15) is 4.79 Å². The summed E-state index contributed by atoms with van der Waals surface area (Å²) in [6.07, 6.45) is 1.56. The van der Waals surface area contributed by atoms with E-state index in [1.807, 2.05) is 19.1 Å². The van der Waals surface area contributed by atoms with E-state index in [2.05, 4.69) is 10.4 Å². The highest BCUT2D eigenvalue weighted by Crippen LogP contribution is 2.36. The van der Waals surface area contributed by atoms with Crippen LogP contribution in [0.4, 0.5) is 5.69 Å². The second kappa shape index (κ2) is 8.98. The Morgan fingerprint density at radius 3 is 2.72 bits per heavy atom. The molecule has 0 atom stereocenters. The molecule has 7 nitrogen and oxygen atoms in total. The van der Waals surface area contributed by atoms with Crippen LogP contribution in [0.25, 0.3) is 11.3 Å². The van der Waals surface area contributed by atoms with Gasteiger partial charge in [0.1, 0.15) is 18.1 Å². The maximum atomic E-state index is 12.8. The average molecular weight is 415 g/mol. The van der Waals surface area contributed by atoms with Crippen LogP contribution < -0.4 is 20.5 Å². The molecule has 0 fully saturated rings. The molecule has 0 aliphatic rings. The Morgan fingerprint density at radius 1 is 1.28 bits per heavy atom. The molecular formula is C21H23ClN4O3. The van der Waals surface area contributed by atoms with Crippen LogP contribution in [0.2, 0.25) is 5.02 Å². The SMILES string of the molecule is COc1cccc(C(=O)Nc2ccc(OCCN)c(-c3c(Cl)cnn3C)c2)c1C. The van der Waals surface area contributed by atoms with Gasteiger partial charge in [-0.3, -0.25) is 9.48 Å². The van der Waals surface area contributed by atoms with Crippen molar-refractivity contribution in [1.29, 1.82) is 0 Å². The van der Waals surface area contributed by atoms with Crippen LogP contribution in [0.5, 0.6) is 11.5 Å². The van der Waals surface area contributed by atoms with Crippen molar-refractivity contribution in [2.75, 3.05) is 25.6 Å². The number of nitrogens with one attached hydrogen (secondary N) is 1. The highest BCUT2D eigenvalue weighted by Gasteiger charge is 2.17. The Labute approximate surface area is 174 Å². The summed E-state index contributed by atoms with van der Waals surface area (Å²) in [4.78, 5) is 12.8. The zero-order chi connectivity index (χ0) is 21.0. The minimum absolute atomic E-state index is 0.237. The van der Waals surface area contributed by atoms with Gasteiger partial charge in [0.15, 0.2) is 0 Å². The first-order valence-electron chi connectivity index (χ1n) is 9.06. The molecule has 0 saturated heterocycles. The summed E-state index contributed by atoms with van der Waals surface area (Å²) in [5, 5.41) is 7.60. The maximum absolute atomic E-state index is 12.8. The molecule has 8 heteroatoms. The van der Waals surface area contributed by atoms with Crippen molar-refractivity contribution in [3.8, 4) is 22.8 Å². The molecule has 29 heavy (non-hydrogen) atoms. The van der Waals surface area contributed by atoms with Crippen LogP contribution in [-0.2, 0) is 7.05 Å². The molecule has 0 aliphatic carbocycles. The second-order valence-electron chi connectivity index (χ2n) is 6.40. The van der Waals surface area contributed by atoms with Crippen LogP contribution in [0.15, 0.2) is 42.6 Å². The lowest BCUT2D eigenvalue weighted by molar-refractivity contribution is 0.102. The Morgan fingerprint density at radius 2 is 2.07 bits per heavy atom. The number of hydrogen-bond acceptors (Lipinski definition) is 5. The Bertz CT molecular complexity index is 1010. The molecule has 0 bridgehead atoms. The number of nitrogens with zero attached hydrogens (tertiary/aromatic N) is 2. The molecule has 0 saturated carbocycles. The van der Waals surface area contributed by atoms with E-state index < -0.39 is 0 Å². The largest absolute Gasteiger partial charge is 0.496 e. The molecular weight excluding hydrogens is 392 g/mol. The van der Waals surface area contributed by atoms with E-state index >= 15 is 0 Å². The molecule has 0 spiro atoms. The van der Waals surface area contributed by atoms with Crippen LogP contribution in [-0.4, -0.2) is 35.9 Å². The number of aryl methyl sites for hydroxylation is 1. The molecule has 3 aromatic rings. The van der Waals surface area contributed by atoms with Crippen molar-refractivity contribution in [3.05, 3.63) is 58.7 Å². The minimum atomic E-state index is -0.237. The van der Waals surface area contributed by atoms with Crippen molar-refractivity contribution >= 4 is 23.2 Å². The first kappa shape index (κ1) is 20.7. The molecule has 3 N–H and O–H groups in total. The van der Waals surface area contributed by atoms with Gasteiger partial charge < -0.3 is 20.5 Å². The van der Waals surface area contributed by atoms with Gasteiger partial charge in [-0.1, -0.05) is 17.7 Å². The smallest absolute Gasteiger partial charge is 0.256 e. The van der Waals surface area contributed by atoms with Crippen molar-refractivity contribution < 1.29 is 14.3 Å². The molecule has 1 amide bonds. The minimum Gasteiger partial charge on any atom is -0.496 e. The standard InChI is InChI=1S/C21H23ClN4O3/c1-13-15(5-4-6-18(13)28-3)21(27)25-14-7-8-19(29-10-9-23)16(11-14)20-17(22)12-24-26(20)2/h4-8,11-12H,9-10,23H2,1-3H3,(H,25,27). The van der Waals surface area contributed by atoms with Crippen LogP contribution in [0.1, 0.15) is 15.9 Å². The highest BCUT2D eigenvalue weighted by atomic mass is 35.5. The third-order valence-electron chi connectivity index (χ3n) is 4.51. The van der Waals surface area contributed by atoms with Crippen molar-refractivity contribution in [3.63, 3.8) is 0 Å². The molecule has 0 unspecified atom stereocenters. The predicted octanol–water partition coefficient (Wildman–Crippen LogP) is 3.65. The maximum Gasteiger partial charge on any atom is 0.256 e. The fourth-order valence-electron chi connectivity index (χ4n) is 3.08. The van der Waals surface area contributed by atoms with Gasteiger partial charge in [-0.25, -0.2) is 0 Å². The lowest BCUT2D eigenvalue weighted by atomic mass is 10.1. The Hall–Kier alpha value is -3.03. The number of hydrogen-bond donors (Lipinski definition) is 2. The summed E-state index contributed by atoms with van der Waals surface area (Å²) in [7, 11) is 3.37. The van der Waals surface area contributed by atoms with Gasteiger partial charge in [-0.15, -0.1) is 0 Å². The molecule has 1 aromatic heterocycles. The number of aromatic nitrogens is 2. The molecule has 3 rings (SSSR count). The summed E-state index contributed by atoms with van der Waals surface area (Å²) in [6, 6.07) is 10.7. The van der Waals surface area contributed by atoms with Crippen LogP contribution in [0.3, 0.4) is 0 Å². The summed E-state index contributed by atoms with van der Waals surface area (Å²) >= 11 is 6.33. The summed E-state index contributed by atoms with van der Waals surface area (Å²) in [6.45, 7) is 2.59. The van der Waals surface area contributed by atoms with Gasteiger partial charge >= 0.3 is 0 Å². The van der Waals surface area contributed by atoms with Crippen molar-refractivity contribution in [2.24, 2.45) is 12.8 Å². The van der Waals surface area contributed by atoms with E-state index in [1.54, 1.807) is 49.3 Å². The number of carbonyl (C=O) groups is 1. The van der Waals surface area contributed by atoms with Gasteiger partial charge in [0.05, 0.1) is 24.0 Å². The highest BCUT2D eigenvalue weighted by molar-refractivity contribution is 6.33. The third kappa shape index (κ3) is 4.36.